The van der Waals surface area contributed by atoms with Crippen LogP contribution < -0.4 is 4.74 Å². The highest BCUT2D eigenvalue weighted by atomic mass is 32.2. The van der Waals surface area contributed by atoms with E-state index in [9.17, 15) is 14.9 Å². The van der Waals surface area contributed by atoms with Crippen molar-refractivity contribution < 1.29 is 19.6 Å². The molecule has 2 aliphatic heterocycles. The second-order valence-electron chi connectivity index (χ2n) is 6.48. The van der Waals surface area contributed by atoms with Crippen LogP contribution in [0.25, 0.3) is 0 Å². The zero-order valence-corrected chi connectivity index (χ0v) is 13.8. The number of hydrogen-bond acceptors (Lipinski definition) is 5. The van der Waals surface area contributed by atoms with Crippen molar-refractivity contribution in [2.75, 3.05) is 0 Å². The minimum atomic E-state index is -1.12. The van der Waals surface area contributed by atoms with E-state index < -0.39 is 16.5 Å². The maximum atomic E-state index is 11.3. The number of benzene rings is 1. The molecule has 23 heavy (non-hydrogen) atoms. The van der Waals surface area contributed by atoms with E-state index in [1.54, 1.807) is 0 Å². The molecule has 1 aromatic rings. The first-order valence-electron chi connectivity index (χ1n) is 7.69. The van der Waals surface area contributed by atoms with Crippen LogP contribution >= 0.6 is 11.8 Å². The fourth-order valence-electron chi connectivity index (χ4n) is 3.62. The van der Waals surface area contributed by atoms with Gasteiger partial charge in [0, 0.05) is 29.1 Å². The van der Waals surface area contributed by atoms with Gasteiger partial charge in [0.2, 0.25) is 0 Å². The fraction of sp³-hybridized carbons (Fsp3) is 0.562. The van der Waals surface area contributed by atoms with Crippen molar-refractivity contribution in [2.45, 2.75) is 49.2 Å². The van der Waals surface area contributed by atoms with Gasteiger partial charge in [0.05, 0.1) is 10.5 Å². The number of carboxylic acid groups (broad SMARTS) is 1. The third-order valence-electron chi connectivity index (χ3n) is 4.88. The van der Waals surface area contributed by atoms with E-state index in [1.165, 1.54) is 18.2 Å². The van der Waals surface area contributed by atoms with Gasteiger partial charge in [-0.1, -0.05) is 13.8 Å². The number of ether oxygens (including phenoxy) is 1. The molecule has 6 nitrogen and oxygen atoms in total. The summed E-state index contributed by atoms with van der Waals surface area (Å²) in [6.45, 7) is 4.13. The Morgan fingerprint density at radius 3 is 2.70 bits per heavy atom. The van der Waals surface area contributed by atoms with Crippen molar-refractivity contribution in [2.24, 2.45) is 5.92 Å². The number of aromatic carboxylic acids is 1. The van der Waals surface area contributed by atoms with Gasteiger partial charge in [0.15, 0.2) is 5.75 Å². The van der Waals surface area contributed by atoms with Gasteiger partial charge in [-0.2, -0.15) is 11.8 Å². The molecule has 0 radical (unpaired) electrons. The normalized spacial score (nSPS) is 29.0. The molecule has 3 rings (SSSR count). The summed E-state index contributed by atoms with van der Waals surface area (Å²) in [6, 6.07) is 3.74. The van der Waals surface area contributed by atoms with Gasteiger partial charge in [0.1, 0.15) is 5.60 Å². The molecule has 2 fully saturated rings. The number of carbonyl (C=O) groups is 1. The van der Waals surface area contributed by atoms with Gasteiger partial charge in [0.25, 0.3) is 0 Å². The Bertz CT molecular complexity index is 662. The van der Waals surface area contributed by atoms with Gasteiger partial charge >= 0.3 is 11.7 Å². The monoisotopic (exact) mass is 337 g/mol. The van der Waals surface area contributed by atoms with Crippen molar-refractivity contribution >= 4 is 23.4 Å². The maximum Gasteiger partial charge on any atom is 0.335 e. The molecule has 0 amide bonds. The first kappa shape index (κ1) is 16.1. The second kappa shape index (κ2) is 5.70. The summed E-state index contributed by atoms with van der Waals surface area (Å²) >= 11 is 1.90. The predicted molar refractivity (Wildman–Crippen MR) is 87.3 cm³/mol. The Hall–Kier alpha value is -1.76. The van der Waals surface area contributed by atoms with E-state index in [1.807, 2.05) is 11.8 Å². The van der Waals surface area contributed by atoms with Crippen LogP contribution in [0.1, 0.15) is 43.5 Å². The summed E-state index contributed by atoms with van der Waals surface area (Å²) < 4.78 is 6.22. The fourth-order valence-corrected chi connectivity index (χ4v) is 5.63. The SMILES string of the molecule is CC(C)C1(Oc2cc(C(=O)O)ccc2[N+](=O)[O-])CC2CCC1S2. The molecule has 0 aromatic heterocycles. The number of hydrogen-bond donors (Lipinski definition) is 1. The van der Waals surface area contributed by atoms with Gasteiger partial charge in [-0.15, -0.1) is 0 Å². The quantitative estimate of drug-likeness (QED) is 0.650. The Balaban J connectivity index is 2.01. The minimum Gasteiger partial charge on any atom is -0.479 e. The van der Waals surface area contributed by atoms with E-state index in [2.05, 4.69) is 13.8 Å². The Morgan fingerprint density at radius 1 is 1.48 bits per heavy atom. The van der Waals surface area contributed by atoms with E-state index in [0.29, 0.717) is 10.5 Å². The number of nitrogens with zero attached hydrogens (tertiary/aromatic N) is 1. The average molecular weight is 337 g/mol. The molecule has 2 aliphatic rings. The number of nitro groups is 1. The van der Waals surface area contributed by atoms with Crippen molar-refractivity contribution in [3.8, 4) is 5.75 Å². The number of nitro benzene ring substituents is 1. The number of thioether (sulfide) groups is 1. The van der Waals surface area contributed by atoms with Crippen LogP contribution in [0, 0.1) is 16.0 Å². The van der Waals surface area contributed by atoms with Crippen LogP contribution in [0.15, 0.2) is 18.2 Å². The molecule has 3 atom stereocenters. The molecule has 2 saturated heterocycles. The molecule has 0 spiro atoms. The third-order valence-corrected chi connectivity index (χ3v) is 6.63. The summed E-state index contributed by atoms with van der Waals surface area (Å²) in [7, 11) is 0. The van der Waals surface area contributed by atoms with Gasteiger partial charge in [-0.3, -0.25) is 10.1 Å². The molecule has 2 bridgehead atoms. The van der Waals surface area contributed by atoms with Crippen molar-refractivity contribution in [1.29, 1.82) is 0 Å². The first-order chi connectivity index (χ1) is 10.8. The zero-order chi connectivity index (χ0) is 16.8. The van der Waals surface area contributed by atoms with Crippen LogP contribution in [-0.4, -0.2) is 32.1 Å². The highest BCUT2D eigenvalue weighted by molar-refractivity contribution is 8.01. The lowest BCUT2D eigenvalue weighted by atomic mass is 9.77. The Labute approximate surface area is 138 Å². The maximum absolute atomic E-state index is 11.3. The van der Waals surface area contributed by atoms with Crippen LogP contribution in [0.3, 0.4) is 0 Å². The molecule has 1 aromatic carbocycles. The van der Waals surface area contributed by atoms with Gasteiger partial charge in [-0.05, 0) is 24.8 Å². The number of carboxylic acids is 1. The zero-order valence-electron chi connectivity index (χ0n) is 13.0. The molecular formula is C16H19NO5S. The van der Waals surface area contributed by atoms with Crippen LogP contribution in [0.5, 0.6) is 5.75 Å². The lowest BCUT2D eigenvalue weighted by Gasteiger charge is -2.40. The molecule has 2 heterocycles. The van der Waals surface area contributed by atoms with Crippen molar-refractivity contribution in [1.82, 2.24) is 0 Å². The Kier molecular flexibility index (Phi) is 4.00. The standard InChI is InChI=1S/C16H19NO5S/c1-9(2)16(8-11-4-6-14(16)23-11)22-13-7-10(15(18)19)3-5-12(13)17(20)21/h3,5,7,9,11,14H,4,6,8H2,1-2H3,(H,18,19). The average Bonchev–Trinajstić information content (AvgIpc) is 3.08. The van der Waals surface area contributed by atoms with Crippen LogP contribution in [0.2, 0.25) is 0 Å². The summed E-state index contributed by atoms with van der Waals surface area (Å²) in [5.74, 6) is -0.860. The minimum absolute atomic E-state index is 0.000292. The molecule has 124 valence electrons. The van der Waals surface area contributed by atoms with Crippen LogP contribution in [0.4, 0.5) is 5.69 Å². The number of rotatable bonds is 5. The highest BCUT2D eigenvalue weighted by Crippen LogP contribution is 2.56. The first-order valence-corrected chi connectivity index (χ1v) is 8.64. The summed E-state index contributed by atoms with van der Waals surface area (Å²) in [5, 5.41) is 21.3. The number of fused-ring (bicyclic) bond motifs is 2. The molecule has 1 N–H and O–H groups in total. The molecule has 3 unspecified atom stereocenters. The van der Waals surface area contributed by atoms with Crippen molar-refractivity contribution in [3.05, 3.63) is 33.9 Å². The van der Waals surface area contributed by atoms with Gasteiger partial charge < -0.3 is 9.84 Å². The lowest BCUT2D eigenvalue weighted by molar-refractivity contribution is -0.386. The molecule has 7 heteroatoms. The summed E-state index contributed by atoms with van der Waals surface area (Å²) in [4.78, 5) is 21.9. The highest BCUT2D eigenvalue weighted by Gasteiger charge is 2.56. The van der Waals surface area contributed by atoms with E-state index >= 15 is 0 Å². The van der Waals surface area contributed by atoms with E-state index in [-0.39, 0.29) is 22.9 Å². The van der Waals surface area contributed by atoms with E-state index in [0.717, 1.165) is 19.3 Å². The summed E-state index contributed by atoms with van der Waals surface area (Å²) in [5.41, 5.74) is -0.640. The Morgan fingerprint density at radius 2 is 2.22 bits per heavy atom. The van der Waals surface area contributed by atoms with E-state index in [4.69, 9.17) is 9.84 Å². The summed E-state index contributed by atoms with van der Waals surface area (Å²) in [6.07, 6.45) is 3.05. The van der Waals surface area contributed by atoms with Crippen LogP contribution in [-0.2, 0) is 0 Å². The third kappa shape index (κ3) is 2.67. The van der Waals surface area contributed by atoms with Crippen molar-refractivity contribution in [3.63, 3.8) is 0 Å². The topological polar surface area (TPSA) is 89.7 Å². The smallest absolute Gasteiger partial charge is 0.335 e. The second-order valence-corrected chi connectivity index (χ2v) is 7.99. The molecular weight excluding hydrogens is 318 g/mol. The lowest BCUT2D eigenvalue weighted by Crippen LogP contribution is -2.49. The molecule has 0 saturated carbocycles. The molecule has 0 aliphatic carbocycles. The predicted octanol–water partition coefficient (Wildman–Crippen LogP) is 3.73. The van der Waals surface area contributed by atoms with Gasteiger partial charge in [-0.25, -0.2) is 4.79 Å². The largest absolute Gasteiger partial charge is 0.479 e.